The molecule has 92 valence electrons. The van der Waals surface area contributed by atoms with Gasteiger partial charge in [0.2, 0.25) is 0 Å². The topological polar surface area (TPSA) is 0 Å². The zero-order chi connectivity index (χ0) is 12.1. The lowest BCUT2D eigenvalue weighted by molar-refractivity contribution is 0.242. The van der Waals surface area contributed by atoms with E-state index in [9.17, 15) is 0 Å². The van der Waals surface area contributed by atoms with Crippen molar-refractivity contribution in [2.45, 2.75) is 72.5 Å². The van der Waals surface area contributed by atoms with Crippen LogP contribution in [0.25, 0.3) is 0 Å². The molecule has 0 aliphatic rings. The van der Waals surface area contributed by atoms with Gasteiger partial charge in [-0.05, 0) is 29.9 Å². The second-order valence-electron chi connectivity index (χ2n) is 6.25. The van der Waals surface area contributed by atoms with E-state index < -0.39 is 0 Å². The minimum Gasteiger partial charge on any atom is -0.156 e. The van der Waals surface area contributed by atoms with Crippen LogP contribution in [-0.4, -0.2) is 10.5 Å². The molecule has 0 spiro atoms. The van der Waals surface area contributed by atoms with Crippen molar-refractivity contribution in [1.29, 1.82) is 0 Å². The maximum absolute atomic E-state index is 2.39. The fourth-order valence-corrected chi connectivity index (χ4v) is 3.08. The molecule has 0 heterocycles. The maximum atomic E-state index is 2.39. The molecule has 15 heavy (non-hydrogen) atoms. The molecule has 0 unspecified atom stereocenters. The molecule has 0 bridgehead atoms. The van der Waals surface area contributed by atoms with Crippen molar-refractivity contribution in [3.8, 4) is 0 Å². The van der Waals surface area contributed by atoms with Crippen molar-refractivity contribution in [1.82, 2.24) is 0 Å². The Hall–Kier alpha value is 0.350. The fourth-order valence-electron chi connectivity index (χ4n) is 1.55. The Kier molecular flexibility index (Phi) is 6.32. The monoisotopic (exact) mass is 230 g/mol. The highest BCUT2D eigenvalue weighted by Gasteiger charge is 2.24. The first-order valence-electron chi connectivity index (χ1n) is 6.35. The molecule has 0 aromatic carbocycles. The van der Waals surface area contributed by atoms with Gasteiger partial charge in [-0.15, -0.1) is 0 Å². The average Bonchev–Trinajstić information content (AvgIpc) is 2.02. The summed E-state index contributed by atoms with van der Waals surface area (Å²) >= 11 is 2.15. The molecule has 0 N–H and O–H groups in total. The number of hydrogen-bond acceptors (Lipinski definition) is 1. The standard InChI is InChI=1S/C14H30S/c1-8-9-14(6,7)15-11-10-13(4,5)12(2)3/h12H,8-11H2,1-7H3. The highest BCUT2D eigenvalue weighted by atomic mass is 32.2. The lowest BCUT2D eigenvalue weighted by atomic mass is 9.79. The van der Waals surface area contributed by atoms with Crippen molar-refractivity contribution in [3.05, 3.63) is 0 Å². The van der Waals surface area contributed by atoms with Gasteiger partial charge in [-0.3, -0.25) is 0 Å². The Labute approximate surface area is 102 Å². The third-order valence-electron chi connectivity index (χ3n) is 3.65. The minimum atomic E-state index is 0.474. The lowest BCUT2D eigenvalue weighted by Crippen LogP contribution is -2.22. The molecular formula is C14H30S. The van der Waals surface area contributed by atoms with Crippen LogP contribution in [-0.2, 0) is 0 Å². The Bertz CT molecular complexity index is 168. The summed E-state index contributed by atoms with van der Waals surface area (Å²) in [4.78, 5) is 0. The van der Waals surface area contributed by atoms with Crippen LogP contribution in [0.15, 0.2) is 0 Å². The summed E-state index contributed by atoms with van der Waals surface area (Å²) in [6.45, 7) is 16.5. The van der Waals surface area contributed by atoms with Crippen LogP contribution in [0.3, 0.4) is 0 Å². The van der Waals surface area contributed by atoms with Gasteiger partial charge in [0.1, 0.15) is 0 Å². The van der Waals surface area contributed by atoms with Gasteiger partial charge in [0.05, 0.1) is 0 Å². The van der Waals surface area contributed by atoms with E-state index in [1.54, 1.807) is 0 Å². The number of hydrogen-bond donors (Lipinski definition) is 0. The van der Waals surface area contributed by atoms with Crippen LogP contribution >= 0.6 is 11.8 Å². The average molecular weight is 230 g/mol. The summed E-state index contributed by atoms with van der Waals surface area (Å²) in [5.74, 6) is 2.09. The maximum Gasteiger partial charge on any atom is 0.0103 e. The Balaban J connectivity index is 3.88. The Morgan fingerprint density at radius 3 is 1.93 bits per heavy atom. The van der Waals surface area contributed by atoms with Crippen LogP contribution in [0.1, 0.15) is 67.7 Å². The predicted octanol–water partition coefficient (Wildman–Crippen LogP) is 5.37. The minimum absolute atomic E-state index is 0.474. The van der Waals surface area contributed by atoms with Gasteiger partial charge in [0, 0.05) is 4.75 Å². The van der Waals surface area contributed by atoms with Crippen LogP contribution in [0.4, 0.5) is 0 Å². The van der Waals surface area contributed by atoms with Gasteiger partial charge in [-0.25, -0.2) is 0 Å². The van der Waals surface area contributed by atoms with Crippen molar-refractivity contribution < 1.29 is 0 Å². The zero-order valence-electron chi connectivity index (χ0n) is 11.8. The largest absolute Gasteiger partial charge is 0.156 e. The smallest absolute Gasteiger partial charge is 0.0103 e. The first-order chi connectivity index (χ1) is 6.71. The zero-order valence-corrected chi connectivity index (χ0v) is 12.6. The molecule has 0 fully saturated rings. The van der Waals surface area contributed by atoms with Gasteiger partial charge in [0.15, 0.2) is 0 Å². The highest BCUT2D eigenvalue weighted by Crippen LogP contribution is 2.36. The number of thioether (sulfide) groups is 1. The molecule has 0 rings (SSSR count). The second-order valence-corrected chi connectivity index (χ2v) is 8.05. The van der Waals surface area contributed by atoms with Crippen LogP contribution < -0.4 is 0 Å². The van der Waals surface area contributed by atoms with Crippen LogP contribution in [0, 0.1) is 11.3 Å². The van der Waals surface area contributed by atoms with Crippen molar-refractivity contribution in [3.63, 3.8) is 0 Å². The van der Waals surface area contributed by atoms with Gasteiger partial charge in [-0.1, -0.05) is 54.9 Å². The van der Waals surface area contributed by atoms with E-state index in [1.165, 1.54) is 25.0 Å². The predicted molar refractivity (Wildman–Crippen MR) is 74.7 cm³/mol. The SMILES string of the molecule is CCCC(C)(C)SCCC(C)(C)C(C)C. The van der Waals surface area contributed by atoms with Crippen molar-refractivity contribution in [2.24, 2.45) is 11.3 Å². The fraction of sp³-hybridized carbons (Fsp3) is 1.00. The van der Waals surface area contributed by atoms with E-state index in [1.807, 2.05) is 0 Å². The van der Waals surface area contributed by atoms with E-state index in [0.29, 0.717) is 10.2 Å². The Morgan fingerprint density at radius 2 is 1.53 bits per heavy atom. The number of rotatable bonds is 7. The van der Waals surface area contributed by atoms with E-state index in [0.717, 1.165) is 5.92 Å². The van der Waals surface area contributed by atoms with E-state index in [2.05, 4.69) is 60.2 Å². The molecule has 0 atom stereocenters. The third kappa shape index (κ3) is 6.50. The second kappa shape index (κ2) is 6.18. The summed E-state index contributed by atoms with van der Waals surface area (Å²) < 4.78 is 0.474. The normalized spacial score (nSPS) is 13.6. The van der Waals surface area contributed by atoms with Crippen molar-refractivity contribution >= 4 is 11.8 Å². The third-order valence-corrected chi connectivity index (χ3v) is 5.05. The summed E-state index contributed by atoms with van der Waals surface area (Å²) in [6, 6.07) is 0. The molecule has 0 aliphatic heterocycles. The molecule has 0 saturated heterocycles. The molecule has 0 radical (unpaired) electrons. The Morgan fingerprint density at radius 1 is 1.00 bits per heavy atom. The quantitative estimate of drug-likeness (QED) is 0.566. The molecule has 0 saturated carbocycles. The van der Waals surface area contributed by atoms with Crippen LogP contribution in [0.5, 0.6) is 0 Å². The summed E-state index contributed by atoms with van der Waals surface area (Å²) in [5, 5.41) is 0. The van der Waals surface area contributed by atoms with E-state index in [-0.39, 0.29) is 0 Å². The van der Waals surface area contributed by atoms with Crippen molar-refractivity contribution in [2.75, 3.05) is 5.75 Å². The van der Waals surface area contributed by atoms with Gasteiger partial charge in [0.25, 0.3) is 0 Å². The first-order valence-corrected chi connectivity index (χ1v) is 7.34. The van der Waals surface area contributed by atoms with E-state index >= 15 is 0 Å². The summed E-state index contributed by atoms with van der Waals surface area (Å²) in [7, 11) is 0. The first kappa shape index (κ1) is 15.3. The lowest BCUT2D eigenvalue weighted by Gasteiger charge is -2.31. The van der Waals surface area contributed by atoms with Gasteiger partial charge >= 0.3 is 0 Å². The van der Waals surface area contributed by atoms with Crippen LogP contribution in [0.2, 0.25) is 0 Å². The molecular weight excluding hydrogens is 200 g/mol. The molecule has 1 heteroatoms. The van der Waals surface area contributed by atoms with Gasteiger partial charge in [-0.2, -0.15) is 11.8 Å². The molecule has 0 aliphatic carbocycles. The summed E-state index contributed by atoms with van der Waals surface area (Å²) in [6.07, 6.45) is 3.97. The highest BCUT2D eigenvalue weighted by molar-refractivity contribution is 8.00. The molecule has 0 aromatic rings. The molecule has 0 aromatic heterocycles. The summed E-state index contributed by atoms with van der Waals surface area (Å²) in [5.41, 5.74) is 0.495. The van der Waals surface area contributed by atoms with Gasteiger partial charge < -0.3 is 0 Å². The molecule has 0 nitrogen and oxygen atoms in total. The molecule has 0 amide bonds. The van der Waals surface area contributed by atoms with E-state index in [4.69, 9.17) is 0 Å².